The first-order valence-electron chi connectivity index (χ1n) is 13.8. The molecule has 4 saturated heterocycles. The molecule has 2 bridgehead atoms. The second-order valence-electron chi connectivity index (χ2n) is 11.2. The van der Waals surface area contributed by atoms with E-state index in [0.717, 1.165) is 13.1 Å². The average Bonchev–Trinajstić information content (AvgIpc) is 3.48. The highest BCUT2D eigenvalue weighted by Gasteiger charge is 2.76. The molecule has 0 aromatic rings. The van der Waals surface area contributed by atoms with Crippen molar-refractivity contribution < 1.29 is 29.0 Å². The molecular weight excluding hydrogens is 574 g/mol. The predicted octanol–water partition coefficient (Wildman–Crippen LogP) is 1.77. The summed E-state index contributed by atoms with van der Waals surface area (Å²) in [5.41, 5.74) is 0. The van der Waals surface area contributed by atoms with Crippen molar-refractivity contribution in [2.75, 3.05) is 59.2 Å². The van der Waals surface area contributed by atoms with Gasteiger partial charge in [0.1, 0.15) is 6.04 Å². The Labute approximate surface area is 238 Å². The van der Waals surface area contributed by atoms with E-state index in [1.54, 1.807) is 34.6 Å². The smallest absolute Gasteiger partial charge is 0.310 e. The van der Waals surface area contributed by atoms with Crippen LogP contribution in [0.3, 0.4) is 0 Å². The lowest BCUT2D eigenvalue weighted by Gasteiger charge is -2.40. The molecule has 0 saturated carbocycles. The molecule has 0 aromatic heterocycles. The van der Waals surface area contributed by atoms with Crippen LogP contribution < -0.4 is 0 Å². The Morgan fingerprint density at radius 2 is 2.08 bits per heavy atom. The third-order valence-corrected chi connectivity index (χ3v) is 11.5. The number of ether oxygens (including phenoxy) is 2. The Morgan fingerprint density at radius 1 is 1.37 bits per heavy atom. The van der Waals surface area contributed by atoms with Crippen LogP contribution in [0.25, 0.3) is 0 Å². The topological polar surface area (TPSA) is 99.6 Å². The van der Waals surface area contributed by atoms with E-state index >= 15 is 0 Å². The Hall–Kier alpha value is -1.14. The molecule has 0 aromatic carbocycles. The minimum absolute atomic E-state index is 0.0138. The van der Waals surface area contributed by atoms with Gasteiger partial charge in [0.25, 0.3) is 0 Å². The van der Waals surface area contributed by atoms with Gasteiger partial charge in [0.05, 0.1) is 49.1 Å². The number of morpholine rings is 1. The molecule has 1 N–H and O–H groups in total. The van der Waals surface area contributed by atoms with E-state index in [-0.39, 0.29) is 47.0 Å². The molecule has 4 rings (SSSR count). The van der Waals surface area contributed by atoms with Crippen molar-refractivity contribution >= 4 is 45.5 Å². The predicted molar refractivity (Wildman–Crippen MR) is 150 cm³/mol. The fourth-order valence-corrected chi connectivity index (χ4v) is 10.4. The number of amides is 2. The minimum Gasteiger partial charge on any atom is -0.466 e. The number of fused-ring (bicyclic) bond motifs is 1. The molecule has 7 atom stereocenters. The fourth-order valence-electron chi connectivity index (χ4n) is 6.78. The van der Waals surface area contributed by atoms with Gasteiger partial charge in [0.15, 0.2) is 0 Å². The Balaban J connectivity index is 1.71. The Bertz CT molecular complexity index is 902. The number of carbonyl (C=O) groups excluding carboxylic acids is 3. The number of aliphatic hydroxyl groups excluding tert-OH is 1. The number of alkyl halides is 1. The molecule has 4 heterocycles. The Morgan fingerprint density at radius 3 is 2.68 bits per heavy atom. The van der Waals surface area contributed by atoms with Crippen LogP contribution in [0.15, 0.2) is 12.7 Å². The molecule has 1 spiro atoms. The summed E-state index contributed by atoms with van der Waals surface area (Å²) in [6, 6.07) is -1.27. The van der Waals surface area contributed by atoms with Crippen molar-refractivity contribution in [1.29, 1.82) is 0 Å². The molecule has 9 nitrogen and oxygen atoms in total. The quantitative estimate of drug-likeness (QED) is 0.201. The highest BCUT2D eigenvalue weighted by atomic mass is 79.9. The SMILES string of the molecule is C=CCN(CCN1CCOCC1)C(=O)C1N([C@@H](CO)CC(C)C)C(=O)[C@@H]2[C@@H](C(=O)OCC)[C@@H]3SC12CC3Br. The molecule has 3 unspecified atom stereocenters. The van der Waals surface area contributed by atoms with E-state index in [0.29, 0.717) is 45.7 Å². The zero-order valence-corrected chi connectivity index (χ0v) is 25.1. The first kappa shape index (κ1) is 29.8. The number of rotatable bonds is 12. The molecule has 2 amide bonds. The normalized spacial score (nSPS) is 33.5. The molecule has 4 aliphatic rings. The Kier molecular flexibility index (Phi) is 9.88. The van der Waals surface area contributed by atoms with Gasteiger partial charge in [-0.2, -0.15) is 0 Å². The van der Waals surface area contributed by atoms with E-state index in [4.69, 9.17) is 9.47 Å². The monoisotopic (exact) mass is 615 g/mol. The van der Waals surface area contributed by atoms with E-state index < -0.39 is 28.7 Å². The molecular formula is C27H42BrN3O6S. The van der Waals surface area contributed by atoms with Crippen LogP contribution in [0.2, 0.25) is 0 Å². The van der Waals surface area contributed by atoms with Gasteiger partial charge in [-0.3, -0.25) is 19.3 Å². The van der Waals surface area contributed by atoms with Gasteiger partial charge in [0, 0.05) is 42.8 Å². The lowest BCUT2D eigenvalue weighted by Crippen LogP contribution is -2.58. The van der Waals surface area contributed by atoms with Crippen molar-refractivity contribution in [1.82, 2.24) is 14.7 Å². The zero-order chi connectivity index (χ0) is 27.6. The summed E-state index contributed by atoms with van der Waals surface area (Å²) in [6.45, 7) is 14.3. The summed E-state index contributed by atoms with van der Waals surface area (Å²) in [7, 11) is 0. The van der Waals surface area contributed by atoms with Gasteiger partial charge >= 0.3 is 5.97 Å². The fraction of sp³-hybridized carbons (Fsp3) is 0.815. The van der Waals surface area contributed by atoms with Gasteiger partial charge in [-0.05, 0) is 25.7 Å². The lowest BCUT2D eigenvalue weighted by atomic mass is 9.71. The number of halogens is 1. The summed E-state index contributed by atoms with van der Waals surface area (Å²) in [5, 5.41) is 10.3. The van der Waals surface area contributed by atoms with Crippen molar-refractivity contribution in [2.24, 2.45) is 17.8 Å². The summed E-state index contributed by atoms with van der Waals surface area (Å²) < 4.78 is 10.1. The molecule has 4 aliphatic heterocycles. The van der Waals surface area contributed by atoms with E-state index in [1.807, 2.05) is 13.8 Å². The second-order valence-corrected chi connectivity index (χ2v) is 13.9. The summed E-state index contributed by atoms with van der Waals surface area (Å²) in [4.78, 5) is 47.7. The maximum absolute atomic E-state index is 14.5. The maximum atomic E-state index is 14.5. The molecule has 0 radical (unpaired) electrons. The number of hydrogen-bond acceptors (Lipinski definition) is 8. The van der Waals surface area contributed by atoms with Crippen LogP contribution in [0, 0.1) is 17.8 Å². The average molecular weight is 617 g/mol. The number of thioether (sulfide) groups is 1. The zero-order valence-electron chi connectivity index (χ0n) is 22.7. The number of hydrogen-bond donors (Lipinski definition) is 1. The number of carbonyl (C=O) groups is 3. The number of aliphatic hydroxyl groups is 1. The van der Waals surface area contributed by atoms with Crippen molar-refractivity contribution in [2.45, 2.75) is 60.5 Å². The van der Waals surface area contributed by atoms with Crippen molar-refractivity contribution in [3.8, 4) is 0 Å². The van der Waals surface area contributed by atoms with Crippen LogP contribution >= 0.6 is 27.7 Å². The van der Waals surface area contributed by atoms with Gasteiger partial charge < -0.3 is 24.4 Å². The highest BCUT2D eigenvalue weighted by Crippen LogP contribution is 2.68. The third-order valence-electron chi connectivity index (χ3n) is 8.32. The molecule has 38 heavy (non-hydrogen) atoms. The maximum Gasteiger partial charge on any atom is 0.310 e. The van der Waals surface area contributed by atoms with Crippen LogP contribution in [-0.4, -0.2) is 124 Å². The molecule has 214 valence electrons. The van der Waals surface area contributed by atoms with Crippen LogP contribution in [0.4, 0.5) is 0 Å². The largest absolute Gasteiger partial charge is 0.466 e. The van der Waals surface area contributed by atoms with Crippen LogP contribution in [0.5, 0.6) is 0 Å². The van der Waals surface area contributed by atoms with Crippen LogP contribution in [0.1, 0.15) is 33.6 Å². The first-order chi connectivity index (χ1) is 18.2. The van der Waals surface area contributed by atoms with E-state index in [1.165, 1.54) is 0 Å². The summed E-state index contributed by atoms with van der Waals surface area (Å²) in [6.07, 6.45) is 2.89. The third kappa shape index (κ3) is 5.42. The number of esters is 1. The number of likely N-dealkylation sites (tertiary alicyclic amines) is 1. The molecule has 0 aliphatic carbocycles. The molecule has 4 fully saturated rings. The number of nitrogens with zero attached hydrogens (tertiary/aromatic N) is 3. The van der Waals surface area contributed by atoms with Gasteiger partial charge in [0.2, 0.25) is 11.8 Å². The first-order valence-corrected chi connectivity index (χ1v) is 15.6. The van der Waals surface area contributed by atoms with E-state index in [9.17, 15) is 19.5 Å². The van der Waals surface area contributed by atoms with Gasteiger partial charge in [-0.25, -0.2) is 0 Å². The lowest BCUT2D eigenvalue weighted by molar-refractivity contribution is -0.154. The van der Waals surface area contributed by atoms with Gasteiger partial charge in [-0.1, -0.05) is 35.9 Å². The van der Waals surface area contributed by atoms with Crippen LogP contribution in [-0.2, 0) is 23.9 Å². The van der Waals surface area contributed by atoms with Gasteiger partial charge in [-0.15, -0.1) is 18.3 Å². The standard InChI is InChI=1S/C27H42BrN3O6S/c1-5-7-30(9-8-29-10-12-36-13-11-29)25(34)23-27-15-19(28)22(38-27)20(26(35)37-6-2)21(27)24(33)31(23)18(16-32)14-17(3)4/h5,17-23,32H,1,6-16H2,2-4H3/t18-,19?,20-,21+,22-,23?,27?/m1/s1. The van der Waals surface area contributed by atoms with E-state index in [2.05, 4.69) is 27.4 Å². The minimum atomic E-state index is -0.769. The highest BCUT2D eigenvalue weighted by molar-refractivity contribution is 9.09. The van der Waals surface area contributed by atoms with Crippen molar-refractivity contribution in [3.63, 3.8) is 0 Å². The van der Waals surface area contributed by atoms with Crippen molar-refractivity contribution in [3.05, 3.63) is 12.7 Å². The molecule has 11 heteroatoms. The second kappa shape index (κ2) is 12.6. The summed E-state index contributed by atoms with van der Waals surface area (Å²) in [5.74, 6) is -1.76. The summed E-state index contributed by atoms with van der Waals surface area (Å²) >= 11 is 5.38.